The fourth-order valence-corrected chi connectivity index (χ4v) is 5.30. The molecule has 0 unspecified atom stereocenters. The molecular weight excluding hydrogens is 392 g/mol. The number of hydrogen-bond donors (Lipinski definition) is 1. The second kappa shape index (κ2) is 5.68. The molecule has 0 radical (unpaired) electrons. The molecule has 0 fully saturated rings. The van der Waals surface area contributed by atoms with Gasteiger partial charge in [0.15, 0.2) is 5.82 Å². The first-order valence-electron chi connectivity index (χ1n) is 10.9. The van der Waals surface area contributed by atoms with Crippen molar-refractivity contribution in [3.05, 3.63) is 84.7 Å². The minimum absolute atomic E-state index is 0.800. The molecule has 7 aromatic rings. The first-order valence-corrected chi connectivity index (χ1v) is 10.9. The first kappa shape index (κ1) is 16.4. The lowest BCUT2D eigenvalue weighted by Gasteiger charge is -2.14. The normalized spacial score (nSPS) is 14.2. The zero-order chi connectivity index (χ0) is 20.8. The summed E-state index contributed by atoms with van der Waals surface area (Å²) in [5.74, 6) is 0.800. The fraction of sp³-hybridized carbons (Fsp3) is 0.0357. The van der Waals surface area contributed by atoms with Crippen LogP contribution in [0.4, 0.5) is 0 Å². The molecule has 0 aliphatic heterocycles. The van der Waals surface area contributed by atoms with E-state index in [0.717, 1.165) is 50.9 Å². The number of fused-ring (bicyclic) bond motifs is 6. The lowest BCUT2D eigenvalue weighted by atomic mass is 9.93. The second-order valence-corrected chi connectivity index (χ2v) is 8.53. The van der Waals surface area contributed by atoms with Crippen LogP contribution in [0, 0.1) is 0 Å². The van der Waals surface area contributed by atoms with E-state index in [1.165, 1.54) is 32.3 Å². The summed E-state index contributed by atoms with van der Waals surface area (Å²) < 4.78 is 0. The molecule has 1 aliphatic rings. The Morgan fingerprint density at radius 3 is 2.31 bits per heavy atom. The molecule has 4 heteroatoms. The van der Waals surface area contributed by atoms with Gasteiger partial charge in [0, 0.05) is 16.3 Å². The van der Waals surface area contributed by atoms with E-state index in [4.69, 9.17) is 15.0 Å². The van der Waals surface area contributed by atoms with Gasteiger partial charge in [0.05, 0.1) is 22.1 Å². The molecule has 0 spiro atoms. The monoisotopic (exact) mass is 408 g/mol. The van der Waals surface area contributed by atoms with Crippen molar-refractivity contribution in [3.8, 4) is 0 Å². The molecule has 8 rings (SSSR count). The van der Waals surface area contributed by atoms with E-state index < -0.39 is 0 Å². The molecular formula is C28H16N4. The largest absolute Gasteiger partial charge is 0.351 e. The van der Waals surface area contributed by atoms with Crippen LogP contribution >= 0.6 is 0 Å². The maximum absolute atomic E-state index is 5.23. The summed E-state index contributed by atoms with van der Waals surface area (Å²) in [7, 11) is 0. The molecule has 0 saturated heterocycles. The Balaban J connectivity index is 1.57. The van der Waals surface area contributed by atoms with Crippen molar-refractivity contribution in [1.29, 1.82) is 0 Å². The van der Waals surface area contributed by atoms with Crippen LogP contribution in [0.2, 0.25) is 0 Å². The zero-order valence-electron chi connectivity index (χ0n) is 17.1. The van der Waals surface area contributed by atoms with E-state index in [0.29, 0.717) is 0 Å². The number of hydrogen-bond acceptors (Lipinski definition) is 3. The molecule has 1 N–H and O–H groups in total. The third-order valence-electron chi connectivity index (χ3n) is 6.76. The number of rotatable bonds is 1. The van der Waals surface area contributed by atoms with Crippen molar-refractivity contribution in [1.82, 2.24) is 19.9 Å². The highest BCUT2D eigenvalue weighted by atomic mass is 14.9. The van der Waals surface area contributed by atoms with E-state index in [9.17, 15) is 0 Å². The van der Waals surface area contributed by atoms with E-state index in [-0.39, 0.29) is 0 Å². The number of H-pyrrole nitrogens is 1. The highest BCUT2D eigenvalue weighted by molar-refractivity contribution is 6.32. The Kier molecular flexibility index (Phi) is 2.91. The van der Waals surface area contributed by atoms with Crippen LogP contribution in [-0.4, -0.2) is 19.9 Å². The summed E-state index contributed by atoms with van der Waals surface area (Å²) in [6.07, 6.45) is 7.17. The number of allylic oxidation sites excluding steroid dienone is 4. The third kappa shape index (κ3) is 1.99. The van der Waals surface area contributed by atoms with Crippen molar-refractivity contribution < 1.29 is 0 Å². The van der Waals surface area contributed by atoms with Crippen molar-refractivity contribution >= 4 is 71.0 Å². The predicted octanol–water partition coefficient (Wildman–Crippen LogP) is 6.90. The van der Waals surface area contributed by atoms with Crippen molar-refractivity contribution in [2.24, 2.45) is 0 Å². The summed E-state index contributed by atoms with van der Waals surface area (Å²) in [6, 6.07) is 21.5. The maximum Gasteiger partial charge on any atom is 0.156 e. The molecule has 1 aliphatic carbocycles. The standard InChI is InChI=1S/C28H16N4/c1-2-6-17(5-1)28-30-21-14-13-20-26(27(21)32-28)31-25-19-10-4-8-16-12-11-15-7-3-9-18(24(25)29-20)22(15)23(16)19/h1-5,7-14,29H,6H2. The van der Waals surface area contributed by atoms with Gasteiger partial charge >= 0.3 is 0 Å². The van der Waals surface area contributed by atoms with E-state index in [1.54, 1.807) is 0 Å². The van der Waals surface area contributed by atoms with Gasteiger partial charge < -0.3 is 4.98 Å². The van der Waals surface area contributed by atoms with E-state index >= 15 is 0 Å². The van der Waals surface area contributed by atoms with Crippen LogP contribution in [0.15, 0.2) is 78.9 Å². The van der Waals surface area contributed by atoms with Crippen molar-refractivity contribution in [3.63, 3.8) is 0 Å². The van der Waals surface area contributed by atoms with Gasteiger partial charge in [-0.2, -0.15) is 0 Å². The summed E-state index contributed by atoms with van der Waals surface area (Å²) in [4.78, 5) is 18.6. The average Bonchev–Trinajstić information content (AvgIpc) is 3.52. The number of aromatic amines is 1. The molecule has 0 saturated carbocycles. The van der Waals surface area contributed by atoms with Gasteiger partial charge in [-0.25, -0.2) is 15.0 Å². The van der Waals surface area contributed by atoms with Gasteiger partial charge in [0.2, 0.25) is 0 Å². The second-order valence-electron chi connectivity index (χ2n) is 8.53. The number of imidazole rings is 1. The topological polar surface area (TPSA) is 54.5 Å². The fourth-order valence-electron chi connectivity index (χ4n) is 5.30. The summed E-state index contributed by atoms with van der Waals surface area (Å²) in [6.45, 7) is 0. The molecule has 148 valence electrons. The molecule has 0 bridgehead atoms. The summed E-state index contributed by atoms with van der Waals surface area (Å²) in [5.41, 5.74) is 6.79. The molecule has 5 aromatic carbocycles. The summed E-state index contributed by atoms with van der Waals surface area (Å²) >= 11 is 0. The summed E-state index contributed by atoms with van der Waals surface area (Å²) in [5, 5.41) is 7.43. The van der Waals surface area contributed by atoms with Gasteiger partial charge in [0.1, 0.15) is 11.0 Å². The lowest BCUT2D eigenvalue weighted by molar-refractivity contribution is 1.23. The molecule has 4 nitrogen and oxygen atoms in total. The SMILES string of the molecule is C1=CCC(c2nc3ccc4[nH]c5c6cccc7ccc8cccc(c5nc4c3n2)c8c76)=C1. The van der Waals surface area contributed by atoms with Crippen LogP contribution in [0.5, 0.6) is 0 Å². The lowest BCUT2D eigenvalue weighted by Crippen LogP contribution is -1.93. The Morgan fingerprint density at radius 2 is 1.50 bits per heavy atom. The third-order valence-corrected chi connectivity index (χ3v) is 6.76. The minimum atomic E-state index is 0.800. The van der Waals surface area contributed by atoms with Gasteiger partial charge in [0.25, 0.3) is 0 Å². The predicted molar refractivity (Wildman–Crippen MR) is 132 cm³/mol. The Labute approximate surface area is 182 Å². The van der Waals surface area contributed by atoms with E-state index in [2.05, 4.69) is 77.8 Å². The molecule has 0 atom stereocenters. The highest BCUT2D eigenvalue weighted by Gasteiger charge is 2.18. The quantitative estimate of drug-likeness (QED) is 0.237. The van der Waals surface area contributed by atoms with Crippen LogP contribution in [0.25, 0.3) is 71.0 Å². The Bertz CT molecular complexity index is 1960. The number of nitrogens with one attached hydrogen (secondary N) is 1. The minimum Gasteiger partial charge on any atom is -0.351 e. The van der Waals surface area contributed by atoms with Crippen LogP contribution in [-0.2, 0) is 0 Å². The molecule has 0 amide bonds. The smallest absolute Gasteiger partial charge is 0.156 e. The molecule has 32 heavy (non-hydrogen) atoms. The maximum atomic E-state index is 5.23. The van der Waals surface area contributed by atoms with E-state index in [1.807, 2.05) is 6.07 Å². The van der Waals surface area contributed by atoms with Gasteiger partial charge in [-0.3, -0.25) is 0 Å². The van der Waals surface area contributed by atoms with Crippen LogP contribution < -0.4 is 0 Å². The van der Waals surface area contributed by atoms with Gasteiger partial charge in [-0.15, -0.1) is 0 Å². The number of nitrogens with zero attached hydrogens (tertiary/aromatic N) is 3. The highest BCUT2D eigenvalue weighted by Crippen LogP contribution is 2.40. The van der Waals surface area contributed by atoms with Crippen LogP contribution in [0.3, 0.4) is 0 Å². The average molecular weight is 408 g/mol. The Hall–Kier alpha value is -4.31. The zero-order valence-corrected chi connectivity index (χ0v) is 17.1. The van der Waals surface area contributed by atoms with Gasteiger partial charge in [-0.1, -0.05) is 66.8 Å². The first-order chi connectivity index (χ1) is 15.8. The molecule has 2 heterocycles. The van der Waals surface area contributed by atoms with Crippen LogP contribution in [0.1, 0.15) is 12.2 Å². The number of benzene rings is 5. The van der Waals surface area contributed by atoms with Crippen molar-refractivity contribution in [2.75, 3.05) is 0 Å². The number of aromatic nitrogens is 4. The van der Waals surface area contributed by atoms with Crippen molar-refractivity contribution in [2.45, 2.75) is 6.42 Å². The van der Waals surface area contributed by atoms with Gasteiger partial charge in [-0.05, 0) is 40.1 Å². The Morgan fingerprint density at radius 1 is 0.688 bits per heavy atom. The molecule has 2 aromatic heterocycles.